The van der Waals surface area contributed by atoms with Gasteiger partial charge in [-0.1, -0.05) is 29.2 Å². The van der Waals surface area contributed by atoms with Crippen LogP contribution in [0.2, 0.25) is 5.02 Å². The van der Waals surface area contributed by atoms with E-state index in [-0.39, 0.29) is 11.6 Å². The molecular weight excluding hydrogens is 426 g/mol. The molecule has 1 saturated carbocycles. The lowest BCUT2D eigenvalue weighted by Gasteiger charge is -2.31. The van der Waals surface area contributed by atoms with Gasteiger partial charge in [-0.25, -0.2) is 4.98 Å². The molecule has 1 aliphatic carbocycles. The highest BCUT2D eigenvalue weighted by Crippen LogP contribution is 2.37. The smallest absolute Gasteiger partial charge is 0.264 e. The number of nitriles is 1. The van der Waals surface area contributed by atoms with E-state index in [9.17, 15) is 10.1 Å². The molecule has 0 bridgehead atoms. The van der Waals surface area contributed by atoms with E-state index < -0.39 is 0 Å². The largest absolute Gasteiger partial charge is 0.369 e. The number of pyridine rings is 2. The summed E-state index contributed by atoms with van der Waals surface area (Å²) in [6, 6.07) is 11.3. The lowest BCUT2D eigenvalue weighted by molar-refractivity contribution is 0.277. The first-order valence-electron chi connectivity index (χ1n) is 10.8. The third kappa shape index (κ3) is 3.41. The minimum atomic E-state index is -0.0800. The second-order valence-corrected chi connectivity index (χ2v) is 8.76. The molecule has 1 N–H and O–H groups in total. The first kappa shape index (κ1) is 20.5. The van der Waals surface area contributed by atoms with Crippen LogP contribution in [0, 0.1) is 24.2 Å². The van der Waals surface area contributed by atoms with E-state index in [2.05, 4.69) is 21.5 Å². The van der Waals surface area contributed by atoms with Crippen LogP contribution in [0.4, 0.5) is 5.82 Å². The van der Waals surface area contributed by atoms with Crippen LogP contribution < -0.4 is 10.9 Å². The number of anilines is 1. The molecule has 0 amide bonds. The third-order valence-electron chi connectivity index (χ3n) is 6.39. The zero-order chi connectivity index (χ0) is 22.2. The van der Waals surface area contributed by atoms with Crippen LogP contribution in [0.1, 0.15) is 43.0 Å². The molecule has 5 rings (SSSR count). The molecule has 2 atom stereocenters. The fourth-order valence-electron chi connectivity index (χ4n) is 4.89. The van der Waals surface area contributed by atoms with Crippen molar-refractivity contribution in [2.24, 2.45) is 5.92 Å². The maximum absolute atomic E-state index is 13.6. The maximum Gasteiger partial charge on any atom is 0.264 e. The Hall–Kier alpha value is -3.37. The van der Waals surface area contributed by atoms with Gasteiger partial charge in [0.1, 0.15) is 28.6 Å². The van der Waals surface area contributed by atoms with Crippen molar-refractivity contribution in [3.63, 3.8) is 0 Å². The van der Waals surface area contributed by atoms with Crippen LogP contribution in [0.3, 0.4) is 0 Å². The van der Waals surface area contributed by atoms with Gasteiger partial charge in [-0.15, -0.1) is 0 Å². The van der Waals surface area contributed by atoms with Crippen LogP contribution in [-0.2, 0) is 0 Å². The number of benzene rings is 1. The monoisotopic (exact) mass is 447 g/mol. The van der Waals surface area contributed by atoms with Gasteiger partial charge in [0.25, 0.3) is 5.56 Å². The second kappa shape index (κ2) is 8.29. The molecule has 32 heavy (non-hydrogen) atoms. The highest BCUT2D eigenvalue weighted by Gasteiger charge is 2.28. The number of aromatic nitrogens is 3. The molecule has 4 aromatic rings. The quantitative estimate of drug-likeness (QED) is 0.461. The van der Waals surface area contributed by atoms with Crippen LogP contribution in [0.15, 0.2) is 45.8 Å². The SMILES string of the molecule is Cc1onc2c1c(=O)n(C1CCCC(CNc3ncccc3C#N)C1)c1cccc(Cl)c21. The van der Waals surface area contributed by atoms with Crippen molar-refractivity contribution in [3.05, 3.63) is 63.2 Å². The van der Waals surface area contributed by atoms with Crippen molar-refractivity contribution in [1.29, 1.82) is 5.26 Å². The van der Waals surface area contributed by atoms with Crippen molar-refractivity contribution in [2.75, 3.05) is 11.9 Å². The molecule has 3 heterocycles. The molecule has 2 unspecified atom stereocenters. The standard InChI is InChI=1S/C24H22ClN5O2/c1-14-20-22(29-32-14)21-18(25)8-3-9-19(21)30(24(20)31)17-7-2-5-15(11-17)13-28-23-16(12-26)6-4-10-27-23/h3-4,6,8-10,15,17H,2,5,7,11,13H2,1H3,(H,27,28). The summed E-state index contributed by atoms with van der Waals surface area (Å²) in [4.78, 5) is 17.9. The molecule has 8 heteroatoms. The number of fused-ring (bicyclic) bond motifs is 3. The number of hydrogen-bond acceptors (Lipinski definition) is 6. The van der Waals surface area contributed by atoms with Crippen molar-refractivity contribution < 1.29 is 4.52 Å². The highest BCUT2D eigenvalue weighted by atomic mass is 35.5. The van der Waals surface area contributed by atoms with Gasteiger partial charge in [0.2, 0.25) is 0 Å². The van der Waals surface area contributed by atoms with Crippen molar-refractivity contribution in [2.45, 2.75) is 38.6 Å². The molecule has 0 radical (unpaired) electrons. The van der Waals surface area contributed by atoms with Gasteiger partial charge in [0.05, 0.1) is 16.1 Å². The maximum atomic E-state index is 13.6. The summed E-state index contributed by atoms with van der Waals surface area (Å²) in [6.07, 6.45) is 5.51. The summed E-state index contributed by atoms with van der Waals surface area (Å²) in [5.41, 5.74) is 1.77. The van der Waals surface area contributed by atoms with E-state index in [0.717, 1.165) is 36.6 Å². The topological polar surface area (TPSA) is 96.7 Å². The van der Waals surface area contributed by atoms with Crippen LogP contribution >= 0.6 is 11.6 Å². The summed E-state index contributed by atoms with van der Waals surface area (Å²) in [7, 11) is 0. The molecule has 0 spiro atoms. The van der Waals surface area contributed by atoms with E-state index in [1.54, 1.807) is 25.3 Å². The Labute approximate surface area is 189 Å². The lowest BCUT2D eigenvalue weighted by atomic mass is 9.85. The molecule has 0 aliphatic heterocycles. The van der Waals surface area contributed by atoms with Gasteiger partial charge in [-0.2, -0.15) is 5.26 Å². The van der Waals surface area contributed by atoms with Gasteiger partial charge in [0, 0.05) is 24.2 Å². The fourth-order valence-corrected chi connectivity index (χ4v) is 5.15. The Balaban J connectivity index is 1.50. The summed E-state index contributed by atoms with van der Waals surface area (Å²) in [6.45, 7) is 2.46. The number of rotatable bonds is 4. The Kier molecular flexibility index (Phi) is 5.32. The number of hydrogen-bond donors (Lipinski definition) is 1. The molecule has 7 nitrogen and oxygen atoms in total. The van der Waals surface area contributed by atoms with E-state index in [1.807, 2.05) is 22.8 Å². The Morgan fingerprint density at radius 3 is 3.00 bits per heavy atom. The van der Waals surface area contributed by atoms with Crippen LogP contribution in [0.25, 0.3) is 21.8 Å². The Bertz CT molecular complexity index is 1420. The van der Waals surface area contributed by atoms with E-state index in [1.165, 1.54) is 0 Å². The predicted octanol–water partition coefficient (Wildman–Crippen LogP) is 5.21. The molecule has 1 fully saturated rings. The summed E-state index contributed by atoms with van der Waals surface area (Å²) in [5, 5.41) is 18.6. The Morgan fingerprint density at radius 2 is 2.16 bits per heavy atom. The van der Waals surface area contributed by atoms with Crippen LogP contribution in [-0.4, -0.2) is 21.3 Å². The summed E-state index contributed by atoms with van der Waals surface area (Å²) >= 11 is 6.54. The van der Waals surface area contributed by atoms with Crippen LogP contribution in [0.5, 0.6) is 0 Å². The fraction of sp³-hybridized carbons (Fsp3) is 0.333. The number of nitrogens with zero attached hydrogens (tertiary/aromatic N) is 4. The summed E-state index contributed by atoms with van der Waals surface area (Å²) < 4.78 is 7.26. The van der Waals surface area contributed by atoms with Crippen molar-refractivity contribution in [1.82, 2.24) is 14.7 Å². The van der Waals surface area contributed by atoms with Gasteiger partial charge in [-0.3, -0.25) is 4.79 Å². The predicted molar refractivity (Wildman–Crippen MR) is 124 cm³/mol. The van der Waals surface area contributed by atoms with Crippen molar-refractivity contribution in [3.8, 4) is 6.07 Å². The molecule has 1 aliphatic rings. The van der Waals surface area contributed by atoms with E-state index in [4.69, 9.17) is 16.1 Å². The first-order chi connectivity index (χ1) is 15.6. The number of halogens is 1. The summed E-state index contributed by atoms with van der Waals surface area (Å²) in [5.74, 6) is 1.46. The highest BCUT2D eigenvalue weighted by molar-refractivity contribution is 6.37. The van der Waals surface area contributed by atoms with Gasteiger partial charge < -0.3 is 14.4 Å². The average Bonchev–Trinajstić information content (AvgIpc) is 3.20. The molecule has 0 saturated heterocycles. The average molecular weight is 448 g/mol. The van der Waals surface area contributed by atoms with Crippen molar-refractivity contribution >= 4 is 39.2 Å². The molecular formula is C24H22ClN5O2. The van der Waals surface area contributed by atoms with Gasteiger partial charge in [-0.05, 0) is 56.4 Å². The van der Waals surface area contributed by atoms with E-state index in [0.29, 0.717) is 45.5 Å². The third-order valence-corrected chi connectivity index (χ3v) is 6.70. The molecule has 1 aromatic carbocycles. The minimum Gasteiger partial charge on any atom is -0.369 e. The second-order valence-electron chi connectivity index (χ2n) is 8.35. The number of aryl methyl sites for hydroxylation is 1. The number of nitrogens with one attached hydrogen (secondary N) is 1. The zero-order valence-corrected chi connectivity index (χ0v) is 18.4. The van der Waals surface area contributed by atoms with Gasteiger partial charge >= 0.3 is 0 Å². The zero-order valence-electron chi connectivity index (χ0n) is 17.6. The van der Waals surface area contributed by atoms with E-state index >= 15 is 0 Å². The van der Waals surface area contributed by atoms with Gasteiger partial charge in [0.15, 0.2) is 0 Å². The lowest BCUT2D eigenvalue weighted by Crippen LogP contribution is -2.31. The minimum absolute atomic E-state index is 0.0434. The molecule has 3 aromatic heterocycles. The first-order valence-corrected chi connectivity index (χ1v) is 11.1. The Morgan fingerprint density at radius 1 is 1.28 bits per heavy atom. The molecule has 162 valence electrons. The normalized spacial score (nSPS) is 18.7.